The van der Waals surface area contributed by atoms with Gasteiger partial charge in [0.2, 0.25) is 0 Å². The van der Waals surface area contributed by atoms with Gasteiger partial charge >= 0.3 is 12.2 Å². The first kappa shape index (κ1) is 68.2. The maximum atomic E-state index is 11.5. The van der Waals surface area contributed by atoms with Gasteiger partial charge < -0.3 is 51.6 Å². The lowest BCUT2D eigenvalue weighted by atomic mass is 9.81. The van der Waals surface area contributed by atoms with E-state index in [0.717, 1.165) is 17.6 Å². The van der Waals surface area contributed by atoms with E-state index in [0.29, 0.717) is 31.1 Å². The van der Waals surface area contributed by atoms with E-state index in [1.54, 1.807) is 30.4 Å². The topological polar surface area (TPSA) is 226 Å². The number of aliphatic hydroxyl groups excluding tert-OH is 6. The fraction of sp³-hybridized carbons (Fsp3) is 0.700. The first-order valence-corrected chi connectivity index (χ1v) is 26.9. The predicted octanol–water partition coefficient (Wildman–Crippen LogP) is 11.3. The second-order valence-corrected chi connectivity index (χ2v) is 22.2. The van der Waals surface area contributed by atoms with Gasteiger partial charge in [-0.05, 0) is 63.2 Å². The number of carbonyl (C=O) groups is 2. The molecule has 0 heterocycles. The minimum atomic E-state index is -0.862. The zero-order valence-corrected chi connectivity index (χ0v) is 47.0. The van der Waals surface area contributed by atoms with E-state index in [-0.39, 0.29) is 59.2 Å². The molecule has 12 nitrogen and oxygen atoms in total. The molecule has 1 fully saturated rings. The lowest BCUT2D eigenvalue weighted by Crippen LogP contribution is -2.41. The molecule has 12 heteroatoms. The van der Waals surface area contributed by atoms with Crippen molar-refractivity contribution in [3.8, 4) is 0 Å². The van der Waals surface area contributed by atoms with Crippen LogP contribution in [0.3, 0.4) is 0 Å². The highest BCUT2D eigenvalue weighted by atomic mass is 16.6. The fourth-order valence-electron chi connectivity index (χ4n) is 10.3. The third-order valence-electron chi connectivity index (χ3n) is 14.5. The molecule has 1 saturated carbocycles. The zero-order chi connectivity index (χ0) is 55.4. The highest BCUT2D eigenvalue weighted by Crippen LogP contribution is 2.32. The lowest BCUT2D eigenvalue weighted by molar-refractivity contribution is -0.0270. The van der Waals surface area contributed by atoms with Crippen LogP contribution in [0.15, 0.2) is 97.2 Å². The van der Waals surface area contributed by atoms with Crippen molar-refractivity contribution < 1.29 is 49.7 Å². The van der Waals surface area contributed by atoms with Gasteiger partial charge in [-0.15, -0.1) is 0 Å². The van der Waals surface area contributed by atoms with Crippen molar-refractivity contribution in [2.24, 2.45) is 82.5 Å². The average molecular weight is 1010 g/mol. The molecule has 0 saturated heterocycles. The SMILES string of the molecule is C=C/C=C\[C@H](C)C(OC(N)=O)C(C)C(O)C(C)C/C(C)=C\[C@H](C)[C@@H](O)[C@@H](C)/C=C\C(O)CC(C)C.C=C/C=C\[C@H](C)C(OC(N)=O)C(C)C(O)C(C)C/C(C)=C\[C@H](C)[C@@H](O)[C@@H](C)/C=C\C(O)CC1CCCC1. The summed E-state index contributed by atoms with van der Waals surface area (Å²) in [5.41, 5.74) is 12.7. The molecule has 0 bridgehead atoms. The molecular weight excluding hydrogens is 909 g/mol. The Bertz CT molecular complexity index is 1730. The van der Waals surface area contributed by atoms with Gasteiger partial charge in [0.1, 0.15) is 12.2 Å². The number of ether oxygens (including phenoxy) is 2. The Labute approximate surface area is 437 Å². The molecule has 1 aliphatic rings. The summed E-state index contributed by atoms with van der Waals surface area (Å²) in [6.45, 7) is 34.8. The highest BCUT2D eigenvalue weighted by Gasteiger charge is 2.35. The minimum Gasteiger partial charge on any atom is -0.445 e. The zero-order valence-electron chi connectivity index (χ0n) is 47.0. The number of hydrogen-bond donors (Lipinski definition) is 8. The van der Waals surface area contributed by atoms with Gasteiger partial charge in [-0.2, -0.15) is 0 Å². The number of allylic oxidation sites excluding steroid dienone is 6. The molecule has 1 aliphatic carbocycles. The molecule has 72 heavy (non-hydrogen) atoms. The smallest absolute Gasteiger partial charge is 0.404 e. The predicted molar refractivity (Wildman–Crippen MR) is 296 cm³/mol. The van der Waals surface area contributed by atoms with Crippen molar-refractivity contribution in [3.63, 3.8) is 0 Å². The molecule has 18 atom stereocenters. The minimum absolute atomic E-state index is 0.0802. The van der Waals surface area contributed by atoms with Crippen molar-refractivity contribution in [2.45, 2.75) is 197 Å². The Morgan fingerprint density at radius 2 is 0.889 bits per heavy atom. The fourth-order valence-corrected chi connectivity index (χ4v) is 10.3. The molecule has 10 N–H and O–H groups in total. The third-order valence-corrected chi connectivity index (χ3v) is 14.5. The average Bonchev–Trinajstić information content (AvgIpc) is 3.82. The van der Waals surface area contributed by atoms with Crippen molar-refractivity contribution in [3.05, 3.63) is 97.2 Å². The van der Waals surface area contributed by atoms with E-state index in [2.05, 4.69) is 33.1 Å². The van der Waals surface area contributed by atoms with E-state index in [1.807, 2.05) is 120 Å². The number of nitrogens with two attached hydrogens (primary N) is 2. The van der Waals surface area contributed by atoms with Crippen LogP contribution < -0.4 is 11.5 Å². The molecule has 10 unspecified atom stereocenters. The Hall–Kier alpha value is -3.78. The van der Waals surface area contributed by atoms with Crippen LogP contribution in [0, 0.1) is 71.0 Å². The molecular formula is C60H104N2O10. The summed E-state index contributed by atoms with van der Waals surface area (Å²) >= 11 is 0. The molecule has 0 spiro atoms. The second-order valence-electron chi connectivity index (χ2n) is 22.2. The highest BCUT2D eigenvalue weighted by molar-refractivity contribution is 5.65. The number of primary amides is 2. The third kappa shape index (κ3) is 27.5. The van der Waals surface area contributed by atoms with E-state index in [1.165, 1.54) is 25.7 Å². The Balaban J connectivity index is 0.00000140. The summed E-state index contributed by atoms with van der Waals surface area (Å²) in [6, 6.07) is 0. The summed E-state index contributed by atoms with van der Waals surface area (Å²) in [4.78, 5) is 22.9. The van der Waals surface area contributed by atoms with Gasteiger partial charge in [0, 0.05) is 47.3 Å². The van der Waals surface area contributed by atoms with E-state index in [4.69, 9.17) is 20.9 Å². The van der Waals surface area contributed by atoms with Crippen LogP contribution in [0.25, 0.3) is 0 Å². The molecule has 0 aliphatic heterocycles. The number of rotatable bonds is 32. The molecule has 1 rings (SSSR count). The number of aliphatic hydroxyl groups is 6. The molecule has 0 aromatic rings. The van der Waals surface area contributed by atoms with Crippen LogP contribution in [-0.2, 0) is 9.47 Å². The Kier molecular flexibility index (Phi) is 34.3. The van der Waals surface area contributed by atoms with Gasteiger partial charge in [0.05, 0.1) is 36.6 Å². The van der Waals surface area contributed by atoms with Crippen LogP contribution >= 0.6 is 0 Å². The summed E-state index contributed by atoms with van der Waals surface area (Å²) < 4.78 is 10.7. The standard InChI is InChI=1S/C31H53NO5.C29H51NO5/c1-8-9-12-22(4)30(37-31(32)36)25(7)29(35)24(6)18-20(2)17-23(5)28(34)21(3)15-16-27(33)19-26-13-10-11-14-26;1-10-11-12-21(6)28(35-29(30)34)24(9)27(33)23(8)17-19(4)16-22(7)26(32)20(5)13-14-25(31)15-18(2)3/h8-9,12,15-17,21-30,33-35H,1,10-11,13-14,18-19H2,2-7H3,(H2,32,36);10-14,16,18,20-28,31-33H,1,15,17H2,2-9H3,(H2,30,34)/b12-9-,16-15-,20-17-;12-11-,14-13-,19-16-/t21-,22-,23-,24?,25?,27?,28-,29?,30?;20-,21-,22-,23?,24?,25?,26-,27?,28?/m00/s1. The maximum absolute atomic E-state index is 11.5. The first-order chi connectivity index (χ1) is 33.6. The number of carbonyl (C=O) groups excluding carboxylic acids is 2. The monoisotopic (exact) mass is 1010 g/mol. The molecule has 0 radical (unpaired) electrons. The second kappa shape index (κ2) is 36.2. The van der Waals surface area contributed by atoms with Crippen LogP contribution in [0.2, 0.25) is 0 Å². The van der Waals surface area contributed by atoms with Crippen LogP contribution in [0.1, 0.15) is 148 Å². The van der Waals surface area contributed by atoms with Crippen molar-refractivity contribution >= 4 is 12.2 Å². The van der Waals surface area contributed by atoms with Crippen LogP contribution in [-0.4, -0.2) is 91.7 Å². The first-order valence-electron chi connectivity index (χ1n) is 26.9. The van der Waals surface area contributed by atoms with Gasteiger partial charge in [-0.25, -0.2) is 9.59 Å². The summed E-state index contributed by atoms with van der Waals surface area (Å²) in [5, 5.41) is 64.1. The lowest BCUT2D eigenvalue weighted by Gasteiger charge is -2.33. The van der Waals surface area contributed by atoms with Crippen molar-refractivity contribution in [1.82, 2.24) is 0 Å². The Morgan fingerprint density at radius 3 is 1.22 bits per heavy atom. The van der Waals surface area contributed by atoms with Crippen LogP contribution in [0.5, 0.6) is 0 Å². The van der Waals surface area contributed by atoms with E-state index < -0.39 is 61.0 Å². The number of hydrogen-bond acceptors (Lipinski definition) is 10. The summed E-state index contributed by atoms with van der Waals surface area (Å²) in [7, 11) is 0. The van der Waals surface area contributed by atoms with Gasteiger partial charge in [0.25, 0.3) is 0 Å². The summed E-state index contributed by atoms with van der Waals surface area (Å²) in [6.07, 6.45) is 23.5. The van der Waals surface area contributed by atoms with E-state index >= 15 is 0 Å². The number of amides is 2. The molecule has 0 aromatic heterocycles. The molecule has 414 valence electrons. The normalized spacial score (nSPS) is 21.8. The van der Waals surface area contributed by atoms with Crippen molar-refractivity contribution in [2.75, 3.05) is 0 Å². The van der Waals surface area contributed by atoms with E-state index in [9.17, 15) is 40.2 Å². The van der Waals surface area contributed by atoms with Crippen molar-refractivity contribution in [1.29, 1.82) is 0 Å². The van der Waals surface area contributed by atoms with Gasteiger partial charge in [-0.3, -0.25) is 0 Å². The maximum Gasteiger partial charge on any atom is 0.404 e. The van der Waals surface area contributed by atoms with Gasteiger partial charge in [0.15, 0.2) is 0 Å². The Morgan fingerprint density at radius 1 is 0.528 bits per heavy atom. The quantitative estimate of drug-likeness (QED) is 0.0235. The largest absolute Gasteiger partial charge is 0.445 e. The molecule has 0 aromatic carbocycles. The van der Waals surface area contributed by atoms with Gasteiger partial charge in [-0.1, -0.05) is 206 Å². The van der Waals surface area contributed by atoms with Crippen LogP contribution in [0.4, 0.5) is 9.59 Å². The molecule has 2 amide bonds. The summed E-state index contributed by atoms with van der Waals surface area (Å²) in [5.74, 6) is -0.457.